The van der Waals surface area contributed by atoms with Crippen LogP contribution in [0.3, 0.4) is 0 Å². The van der Waals surface area contributed by atoms with E-state index in [1.165, 1.54) is 0 Å². The molecule has 0 radical (unpaired) electrons. The summed E-state index contributed by atoms with van der Waals surface area (Å²) in [5.41, 5.74) is -1.07. The van der Waals surface area contributed by atoms with Crippen molar-refractivity contribution in [2.45, 2.75) is 54.4 Å². The molecule has 78 valence electrons. The quantitative estimate of drug-likeness (QED) is 0.673. The molecule has 0 spiro atoms. The maximum absolute atomic E-state index is 11.8. The molecule has 0 saturated carbocycles. The average molecular weight is 188 g/mol. The van der Waals surface area contributed by atoms with E-state index in [0.717, 1.165) is 0 Å². The molecular weight excluding hydrogens is 162 g/mol. The second-order valence-electron chi connectivity index (χ2n) is 5.52. The van der Waals surface area contributed by atoms with Crippen LogP contribution in [0.2, 0.25) is 0 Å². The fraction of sp³-hybridized carbons (Fsp3) is 0.909. The highest BCUT2D eigenvalue weighted by atomic mass is 16.2. The molecule has 0 saturated heterocycles. The molecule has 0 unspecified atom stereocenters. The summed E-state index contributed by atoms with van der Waals surface area (Å²) in [5, 5.41) is 2.64. The largest absolute Gasteiger partial charge is 0.353 e. The first kappa shape index (κ1) is 7.84. The highest BCUT2D eigenvalue weighted by molar-refractivity contribution is 5.81. The molecule has 1 atom stereocenters. The second-order valence-corrected chi connectivity index (χ2v) is 5.52. The molecule has 1 amide bonds. The number of nitrogens with one attached hydrogen (secondary N) is 1. The van der Waals surface area contributed by atoms with Crippen molar-refractivity contribution in [1.82, 2.24) is 5.32 Å². The summed E-state index contributed by atoms with van der Waals surface area (Å²) in [7, 11) is 0. The maximum atomic E-state index is 11.8. The molecule has 0 rings (SSSR count). The molecular formula is C11H23NO. The van der Waals surface area contributed by atoms with Gasteiger partial charge in [-0.1, -0.05) is 41.5 Å². The highest BCUT2D eigenvalue weighted by Crippen LogP contribution is 2.20. The van der Waals surface area contributed by atoms with Crippen LogP contribution >= 0.6 is 0 Å². The zero-order valence-corrected chi connectivity index (χ0v) is 9.49. The van der Waals surface area contributed by atoms with Crippen molar-refractivity contribution in [2.75, 3.05) is 0 Å². The average Bonchev–Trinajstić information content (AvgIpc) is 1.92. The predicted molar refractivity (Wildman–Crippen MR) is 56.5 cm³/mol. The first-order chi connectivity index (χ1) is 6.76. The molecule has 0 aromatic rings. The summed E-state index contributed by atoms with van der Waals surface area (Å²) in [4.78, 5) is 11.8. The molecule has 1 N–H and O–H groups in total. The summed E-state index contributed by atoms with van der Waals surface area (Å²) < 4.78 is 22.4. The minimum atomic E-state index is -2.18. The van der Waals surface area contributed by atoms with Crippen molar-refractivity contribution in [2.24, 2.45) is 10.8 Å². The van der Waals surface area contributed by atoms with Gasteiger partial charge in [-0.3, -0.25) is 4.79 Å². The standard InChI is InChI=1S/C11H23NO/c1-8(10(2,3)4)12-9(13)11(5,6)7/h8H,1-7H3,(H,12,13)/t8-/m1/s1/i1D3. The zero-order chi connectivity index (χ0) is 13.4. The van der Waals surface area contributed by atoms with Crippen LogP contribution in [0, 0.1) is 10.8 Å². The molecule has 0 aliphatic rings. The van der Waals surface area contributed by atoms with Gasteiger partial charge in [-0.05, 0) is 12.3 Å². The van der Waals surface area contributed by atoms with Gasteiger partial charge < -0.3 is 5.32 Å². The maximum Gasteiger partial charge on any atom is 0.225 e. The molecule has 0 fully saturated rings. The third kappa shape index (κ3) is 4.30. The van der Waals surface area contributed by atoms with E-state index in [-0.39, 0.29) is 5.91 Å². The van der Waals surface area contributed by atoms with Crippen LogP contribution in [-0.4, -0.2) is 11.9 Å². The summed E-state index contributed by atoms with van der Waals surface area (Å²) in [6.45, 7) is 8.55. The minimum Gasteiger partial charge on any atom is -0.353 e. The number of amides is 1. The van der Waals surface area contributed by atoms with E-state index in [9.17, 15) is 4.79 Å². The Morgan fingerprint density at radius 3 is 1.92 bits per heavy atom. The molecule has 0 aliphatic heterocycles. The van der Waals surface area contributed by atoms with E-state index in [2.05, 4.69) is 5.32 Å². The topological polar surface area (TPSA) is 29.1 Å². The monoisotopic (exact) mass is 188 g/mol. The third-order valence-electron chi connectivity index (χ3n) is 1.82. The van der Waals surface area contributed by atoms with Gasteiger partial charge in [0.1, 0.15) is 0 Å². The Balaban J connectivity index is 4.93. The number of hydrogen-bond donors (Lipinski definition) is 1. The Kier molecular flexibility index (Phi) is 2.22. The van der Waals surface area contributed by atoms with Crippen molar-refractivity contribution < 1.29 is 8.91 Å². The van der Waals surface area contributed by atoms with E-state index in [4.69, 9.17) is 4.11 Å². The van der Waals surface area contributed by atoms with E-state index in [1.807, 2.05) is 20.8 Å². The van der Waals surface area contributed by atoms with E-state index in [1.54, 1.807) is 20.8 Å². The summed E-state index contributed by atoms with van der Waals surface area (Å²) >= 11 is 0. The number of hydrogen-bond acceptors (Lipinski definition) is 1. The van der Waals surface area contributed by atoms with Crippen molar-refractivity contribution in [1.29, 1.82) is 0 Å². The second kappa shape index (κ2) is 3.69. The van der Waals surface area contributed by atoms with Crippen LogP contribution in [0.4, 0.5) is 0 Å². The van der Waals surface area contributed by atoms with Crippen LogP contribution in [0.15, 0.2) is 0 Å². The van der Waals surface area contributed by atoms with E-state index in [0.29, 0.717) is 0 Å². The summed E-state index contributed by atoms with van der Waals surface area (Å²) in [5.74, 6) is -0.233. The number of carbonyl (C=O) groups excluding carboxylic acids is 1. The molecule has 0 aromatic carbocycles. The van der Waals surface area contributed by atoms with Crippen LogP contribution in [-0.2, 0) is 4.79 Å². The lowest BCUT2D eigenvalue weighted by Crippen LogP contribution is -2.46. The first-order valence-electron chi connectivity index (χ1n) is 6.07. The van der Waals surface area contributed by atoms with Gasteiger partial charge in [-0.25, -0.2) is 0 Å². The molecule has 0 heterocycles. The van der Waals surface area contributed by atoms with Crippen LogP contribution < -0.4 is 5.32 Å². The Labute approximate surface area is 86.3 Å². The van der Waals surface area contributed by atoms with Crippen molar-refractivity contribution in [3.8, 4) is 0 Å². The van der Waals surface area contributed by atoms with Crippen molar-refractivity contribution in [3.63, 3.8) is 0 Å². The molecule has 0 aliphatic carbocycles. The van der Waals surface area contributed by atoms with Gasteiger partial charge in [0.2, 0.25) is 5.91 Å². The van der Waals surface area contributed by atoms with Gasteiger partial charge in [0.05, 0.1) is 0 Å². The van der Waals surface area contributed by atoms with Gasteiger partial charge >= 0.3 is 0 Å². The minimum absolute atomic E-state index is 0.233. The normalized spacial score (nSPS) is 19.7. The van der Waals surface area contributed by atoms with Gasteiger partial charge in [0, 0.05) is 15.6 Å². The Morgan fingerprint density at radius 2 is 1.69 bits per heavy atom. The fourth-order valence-corrected chi connectivity index (χ4v) is 0.564. The molecule has 2 heteroatoms. The molecule has 2 nitrogen and oxygen atoms in total. The lowest BCUT2D eigenvalue weighted by molar-refractivity contribution is -0.129. The molecule has 0 aromatic heterocycles. The van der Waals surface area contributed by atoms with Gasteiger partial charge in [0.15, 0.2) is 0 Å². The molecule has 13 heavy (non-hydrogen) atoms. The zero-order valence-electron chi connectivity index (χ0n) is 12.5. The lowest BCUT2D eigenvalue weighted by atomic mass is 9.86. The van der Waals surface area contributed by atoms with Gasteiger partial charge in [0.25, 0.3) is 0 Å². The van der Waals surface area contributed by atoms with E-state index >= 15 is 0 Å². The predicted octanol–water partition coefficient (Wildman–Crippen LogP) is 2.58. The molecule has 0 bridgehead atoms. The Bertz CT molecular complexity index is 244. The highest BCUT2D eigenvalue weighted by Gasteiger charge is 2.27. The summed E-state index contributed by atoms with van der Waals surface area (Å²) in [6, 6.07) is -0.827. The van der Waals surface area contributed by atoms with E-state index < -0.39 is 23.7 Å². The van der Waals surface area contributed by atoms with Crippen molar-refractivity contribution >= 4 is 5.91 Å². The Hall–Kier alpha value is -0.530. The van der Waals surface area contributed by atoms with Crippen LogP contribution in [0.1, 0.15) is 52.5 Å². The van der Waals surface area contributed by atoms with Gasteiger partial charge in [-0.2, -0.15) is 0 Å². The summed E-state index contributed by atoms with van der Waals surface area (Å²) in [6.07, 6.45) is 0. The van der Waals surface area contributed by atoms with Crippen LogP contribution in [0.5, 0.6) is 0 Å². The van der Waals surface area contributed by atoms with Gasteiger partial charge in [-0.15, -0.1) is 0 Å². The first-order valence-corrected chi connectivity index (χ1v) is 4.57. The Morgan fingerprint density at radius 1 is 1.23 bits per heavy atom. The smallest absolute Gasteiger partial charge is 0.225 e. The van der Waals surface area contributed by atoms with Crippen molar-refractivity contribution in [3.05, 3.63) is 0 Å². The number of carbonyl (C=O) groups is 1. The fourth-order valence-electron chi connectivity index (χ4n) is 0.564. The number of rotatable bonds is 1. The lowest BCUT2D eigenvalue weighted by Gasteiger charge is -2.30. The van der Waals surface area contributed by atoms with Crippen LogP contribution in [0.25, 0.3) is 0 Å². The third-order valence-corrected chi connectivity index (χ3v) is 1.82. The SMILES string of the molecule is [2H]C([2H])([2H])[C@@H](NC(=O)C(C)(C)C)C(C)(C)C.